The minimum absolute atomic E-state index is 0.0735. The number of hydrogen-bond donors (Lipinski definition) is 0. The van der Waals surface area contributed by atoms with Crippen LogP contribution in [0.25, 0.3) is 10.9 Å². The van der Waals surface area contributed by atoms with E-state index in [9.17, 15) is 4.79 Å². The molecule has 0 aliphatic heterocycles. The maximum Gasteiger partial charge on any atom is 0.255 e. The van der Waals surface area contributed by atoms with E-state index in [-0.39, 0.29) is 5.56 Å². The van der Waals surface area contributed by atoms with Gasteiger partial charge >= 0.3 is 0 Å². The molecule has 0 bridgehead atoms. The summed E-state index contributed by atoms with van der Waals surface area (Å²) in [6.07, 6.45) is 0. The zero-order chi connectivity index (χ0) is 13.9. The molecule has 0 spiro atoms. The standard InChI is InChI=1S/C17H14BrNO/c18-11-15-10-14-8-4-5-9-16(14)19(17(15)20)12-13-6-2-1-3-7-13/h1-10H,11-12H2. The van der Waals surface area contributed by atoms with E-state index in [1.54, 1.807) is 0 Å². The van der Waals surface area contributed by atoms with Crippen LogP contribution in [0.5, 0.6) is 0 Å². The number of alkyl halides is 1. The smallest absolute Gasteiger partial charge is 0.255 e. The molecule has 1 aromatic heterocycles. The highest BCUT2D eigenvalue weighted by molar-refractivity contribution is 9.08. The van der Waals surface area contributed by atoms with Crippen LogP contribution in [0.2, 0.25) is 0 Å². The maximum absolute atomic E-state index is 12.6. The largest absolute Gasteiger partial charge is 0.304 e. The summed E-state index contributed by atoms with van der Waals surface area (Å²) in [6.45, 7) is 0.598. The van der Waals surface area contributed by atoms with Crippen LogP contribution in [-0.4, -0.2) is 4.57 Å². The molecule has 0 saturated heterocycles. The summed E-state index contributed by atoms with van der Waals surface area (Å²) >= 11 is 3.40. The van der Waals surface area contributed by atoms with E-state index in [1.807, 2.05) is 65.2 Å². The van der Waals surface area contributed by atoms with Gasteiger partial charge in [-0.15, -0.1) is 0 Å². The lowest BCUT2D eigenvalue weighted by atomic mass is 10.1. The first-order valence-electron chi connectivity index (χ1n) is 6.51. The molecule has 0 saturated carbocycles. The molecule has 3 rings (SSSR count). The van der Waals surface area contributed by atoms with Gasteiger partial charge in [0.15, 0.2) is 0 Å². The van der Waals surface area contributed by atoms with E-state index in [0.29, 0.717) is 11.9 Å². The predicted octanol–water partition coefficient (Wildman–Crippen LogP) is 3.94. The Morgan fingerprint density at radius 1 is 0.950 bits per heavy atom. The fourth-order valence-electron chi connectivity index (χ4n) is 2.41. The predicted molar refractivity (Wildman–Crippen MR) is 86.4 cm³/mol. The molecule has 0 aliphatic rings. The number of fused-ring (bicyclic) bond motifs is 1. The molecule has 0 atom stereocenters. The first-order chi connectivity index (χ1) is 9.79. The summed E-state index contributed by atoms with van der Waals surface area (Å²) in [5, 5.41) is 1.67. The van der Waals surface area contributed by atoms with Gasteiger partial charge in [-0.2, -0.15) is 0 Å². The summed E-state index contributed by atoms with van der Waals surface area (Å²) < 4.78 is 1.85. The number of benzene rings is 2. The number of para-hydroxylation sites is 1. The van der Waals surface area contributed by atoms with Crippen LogP contribution in [0.1, 0.15) is 11.1 Å². The Morgan fingerprint density at radius 3 is 2.40 bits per heavy atom. The second-order valence-electron chi connectivity index (χ2n) is 4.74. The topological polar surface area (TPSA) is 22.0 Å². The van der Waals surface area contributed by atoms with Gasteiger partial charge in [0, 0.05) is 10.9 Å². The van der Waals surface area contributed by atoms with Crippen LogP contribution in [0.3, 0.4) is 0 Å². The van der Waals surface area contributed by atoms with Crippen LogP contribution in [0, 0.1) is 0 Å². The third kappa shape index (κ3) is 2.41. The Bertz CT molecular complexity index is 793. The highest BCUT2D eigenvalue weighted by atomic mass is 79.9. The van der Waals surface area contributed by atoms with Crippen molar-refractivity contribution in [3.05, 3.63) is 82.1 Å². The lowest BCUT2D eigenvalue weighted by Gasteiger charge is -2.12. The fourth-order valence-corrected chi connectivity index (χ4v) is 2.81. The van der Waals surface area contributed by atoms with Gasteiger partial charge in [0.05, 0.1) is 12.1 Å². The Balaban J connectivity index is 2.22. The number of pyridine rings is 1. The Kier molecular flexibility index (Phi) is 3.70. The molecule has 1 heterocycles. The molecule has 3 heteroatoms. The van der Waals surface area contributed by atoms with E-state index in [2.05, 4.69) is 15.9 Å². The van der Waals surface area contributed by atoms with E-state index in [4.69, 9.17) is 0 Å². The van der Waals surface area contributed by atoms with E-state index < -0.39 is 0 Å². The summed E-state index contributed by atoms with van der Waals surface area (Å²) in [6, 6.07) is 20.0. The van der Waals surface area contributed by atoms with Gasteiger partial charge in [0.1, 0.15) is 0 Å². The fraction of sp³-hybridized carbons (Fsp3) is 0.118. The summed E-state index contributed by atoms with van der Waals surface area (Å²) in [7, 11) is 0. The minimum atomic E-state index is 0.0735. The van der Waals surface area contributed by atoms with Crippen molar-refractivity contribution in [2.75, 3.05) is 0 Å². The number of rotatable bonds is 3. The van der Waals surface area contributed by atoms with Crippen molar-refractivity contribution in [2.45, 2.75) is 11.9 Å². The molecule has 100 valence electrons. The first-order valence-corrected chi connectivity index (χ1v) is 7.63. The van der Waals surface area contributed by atoms with Gasteiger partial charge in [-0.25, -0.2) is 0 Å². The number of hydrogen-bond acceptors (Lipinski definition) is 1. The monoisotopic (exact) mass is 327 g/mol. The molecule has 20 heavy (non-hydrogen) atoms. The van der Waals surface area contributed by atoms with Gasteiger partial charge in [0.25, 0.3) is 5.56 Å². The lowest BCUT2D eigenvalue weighted by molar-refractivity contribution is 0.787. The van der Waals surface area contributed by atoms with Crippen LogP contribution < -0.4 is 5.56 Å². The van der Waals surface area contributed by atoms with E-state index >= 15 is 0 Å². The number of halogens is 1. The van der Waals surface area contributed by atoms with Crippen molar-refractivity contribution < 1.29 is 0 Å². The molecule has 0 unspecified atom stereocenters. The highest BCUT2D eigenvalue weighted by Crippen LogP contribution is 2.16. The van der Waals surface area contributed by atoms with Crippen LogP contribution >= 0.6 is 15.9 Å². The normalized spacial score (nSPS) is 10.8. The number of aromatic nitrogens is 1. The van der Waals surface area contributed by atoms with Gasteiger partial charge in [-0.1, -0.05) is 64.5 Å². The molecular formula is C17H14BrNO. The van der Waals surface area contributed by atoms with Gasteiger partial charge in [-0.05, 0) is 23.1 Å². The molecule has 2 aromatic carbocycles. The molecule has 0 radical (unpaired) electrons. The van der Waals surface area contributed by atoms with E-state index in [0.717, 1.165) is 22.0 Å². The van der Waals surface area contributed by atoms with Crippen LogP contribution in [0.4, 0.5) is 0 Å². The van der Waals surface area contributed by atoms with Crippen molar-refractivity contribution in [1.29, 1.82) is 0 Å². The zero-order valence-corrected chi connectivity index (χ0v) is 12.5. The average Bonchev–Trinajstić information content (AvgIpc) is 2.51. The maximum atomic E-state index is 12.6. The van der Waals surface area contributed by atoms with Gasteiger partial charge < -0.3 is 4.57 Å². The summed E-state index contributed by atoms with van der Waals surface area (Å²) in [4.78, 5) is 12.6. The molecule has 0 fully saturated rings. The minimum Gasteiger partial charge on any atom is -0.304 e. The molecule has 3 aromatic rings. The highest BCUT2D eigenvalue weighted by Gasteiger charge is 2.08. The van der Waals surface area contributed by atoms with Crippen molar-refractivity contribution in [1.82, 2.24) is 4.57 Å². The quantitative estimate of drug-likeness (QED) is 0.668. The number of nitrogens with zero attached hydrogens (tertiary/aromatic N) is 1. The SMILES string of the molecule is O=c1c(CBr)cc2ccccc2n1Cc1ccccc1. The van der Waals surface area contributed by atoms with Crippen molar-refractivity contribution in [3.63, 3.8) is 0 Å². The third-order valence-electron chi connectivity index (χ3n) is 3.40. The molecular weight excluding hydrogens is 314 g/mol. The molecule has 2 nitrogen and oxygen atoms in total. The average molecular weight is 328 g/mol. The second kappa shape index (κ2) is 5.63. The van der Waals surface area contributed by atoms with Gasteiger partial charge in [-0.3, -0.25) is 4.79 Å². The van der Waals surface area contributed by atoms with E-state index in [1.165, 1.54) is 0 Å². The Hall–Kier alpha value is -1.87. The first kappa shape index (κ1) is 13.1. The van der Waals surface area contributed by atoms with Crippen molar-refractivity contribution >= 4 is 26.8 Å². The Labute approximate surface area is 125 Å². The molecule has 0 amide bonds. The summed E-state index contributed by atoms with van der Waals surface area (Å²) in [5.41, 5.74) is 2.97. The zero-order valence-electron chi connectivity index (χ0n) is 10.9. The van der Waals surface area contributed by atoms with Gasteiger partial charge in [0.2, 0.25) is 0 Å². The van der Waals surface area contributed by atoms with Crippen molar-refractivity contribution in [2.24, 2.45) is 0 Å². The van der Waals surface area contributed by atoms with Crippen molar-refractivity contribution in [3.8, 4) is 0 Å². The second-order valence-corrected chi connectivity index (χ2v) is 5.30. The third-order valence-corrected chi connectivity index (χ3v) is 4.01. The molecule has 0 aliphatic carbocycles. The Morgan fingerprint density at radius 2 is 1.65 bits per heavy atom. The molecule has 0 N–H and O–H groups in total. The van der Waals surface area contributed by atoms with Crippen LogP contribution in [0.15, 0.2) is 65.5 Å². The summed E-state index contributed by atoms with van der Waals surface area (Å²) in [5.74, 6) is 0. The van der Waals surface area contributed by atoms with Crippen LogP contribution in [-0.2, 0) is 11.9 Å². The lowest BCUT2D eigenvalue weighted by Crippen LogP contribution is -2.24.